The number of halogens is 1. The second kappa shape index (κ2) is 8.20. The first-order valence-electron chi connectivity index (χ1n) is 7.38. The molecule has 0 aliphatic carbocycles. The van der Waals surface area contributed by atoms with Gasteiger partial charge in [0.2, 0.25) is 0 Å². The molecule has 1 nitrogen and oxygen atoms in total. The first-order chi connectivity index (χ1) is 10.2. The molecule has 0 bridgehead atoms. The fourth-order valence-corrected chi connectivity index (χ4v) is 3.19. The van der Waals surface area contributed by atoms with E-state index in [1.807, 2.05) is 36.9 Å². The molecule has 0 aromatic heterocycles. The maximum absolute atomic E-state index is 13.4. The zero-order valence-corrected chi connectivity index (χ0v) is 13.4. The standard InChI is InChI=1S/C18H22FNS/c1-3-11-20-18(13-21-16-7-5-4-6-8-16)15-9-10-17(19)14(2)12-15/h4-10,12,18,20H,3,11,13H2,1-2H3. The first kappa shape index (κ1) is 16.1. The molecule has 0 saturated heterocycles. The molecule has 3 heteroatoms. The number of thioether (sulfide) groups is 1. The van der Waals surface area contributed by atoms with Crippen LogP contribution in [0.5, 0.6) is 0 Å². The van der Waals surface area contributed by atoms with Crippen molar-refractivity contribution in [2.75, 3.05) is 12.3 Å². The van der Waals surface area contributed by atoms with Crippen molar-refractivity contribution in [1.29, 1.82) is 0 Å². The molecule has 2 aromatic rings. The Morgan fingerprint density at radius 3 is 2.57 bits per heavy atom. The van der Waals surface area contributed by atoms with E-state index in [1.54, 1.807) is 6.07 Å². The highest BCUT2D eigenvalue weighted by Gasteiger charge is 2.12. The summed E-state index contributed by atoms with van der Waals surface area (Å²) in [6, 6.07) is 16.0. The van der Waals surface area contributed by atoms with Gasteiger partial charge in [0, 0.05) is 16.7 Å². The van der Waals surface area contributed by atoms with Gasteiger partial charge in [-0.05, 0) is 49.2 Å². The summed E-state index contributed by atoms with van der Waals surface area (Å²) in [5, 5.41) is 3.56. The summed E-state index contributed by atoms with van der Waals surface area (Å²) < 4.78 is 13.4. The minimum Gasteiger partial charge on any atom is -0.309 e. The SMILES string of the molecule is CCCNC(CSc1ccccc1)c1ccc(F)c(C)c1. The van der Waals surface area contributed by atoms with Crippen LogP contribution in [0.1, 0.15) is 30.5 Å². The Hall–Kier alpha value is -1.32. The van der Waals surface area contributed by atoms with Gasteiger partial charge in [-0.25, -0.2) is 4.39 Å². The van der Waals surface area contributed by atoms with Gasteiger partial charge in [-0.3, -0.25) is 0 Å². The van der Waals surface area contributed by atoms with E-state index in [0.29, 0.717) is 5.56 Å². The van der Waals surface area contributed by atoms with Crippen molar-refractivity contribution in [2.24, 2.45) is 0 Å². The first-order valence-corrected chi connectivity index (χ1v) is 8.36. The smallest absolute Gasteiger partial charge is 0.126 e. The Labute approximate surface area is 131 Å². The van der Waals surface area contributed by atoms with Crippen molar-refractivity contribution < 1.29 is 4.39 Å². The van der Waals surface area contributed by atoms with Gasteiger partial charge in [-0.2, -0.15) is 0 Å². The highest BCUT2D eigenvalue weighted by molar-refractivity contribution is 7.99. The average molecular weight is 303 g/mol. The van der Waals surface area contributed by atoms with E-state index in [9.17, 15) is 4.39 Å². The lowest BCUT2D eigenvalue weighted by molar-refractivity contribution is 0.572. The van der Waals surface area contributed by atoms with Crippen molar-refractivity contribution in [2.45, 2.75) is 31.2 Å². The van der Waals surface area contributed by atoms with E-state index in [1.165, 1.54) is 4.90 Å². The Bertz CT molecular complexity index is 556. The summed E-state index contributed by atoms with van der Waals surface area (Å²) in [4.78, 5) is 1.26. The predicted molar refractivity (Wildman–Crippen MR) is 89.3 cm³/mol. The summed E-state index contributed by atoms with van der Waals surface area (Å²) in [6.07, 6.45) is 1.09. The molecule has 2 rings (SSSR count). The molecular formula is C18H22FNS. The molecule has 0 aliphatic heterocycles. The van der Waals surface area contributed by atoms with E-state index in [2.05, 4.69) is 36.5 Å². The average Bonchev–Trinajstić information content (AvgIpc) is 2.51. The van der Waals surface area contributed by atoms with Gasteiger partial charge in [0.15, 0.2) is 0 Å². The zero-order chi connectivity index (χ0) is 15.1. The van der Waals surface area contributed by atoms with Crippen LogP contribution in [0.2, 0.25) is 0 Å². The molecule has 0 radical (unpaired) electrons. The maximum atomic E-state index is 13.4. The molecule has 21 heavy (non-hydrogen) atoms. The maximum Gasteiger partial charge on any atom is 0.126 e. The fourth-order valence-electron chi connectivity index (χ4n) is 2.17. The molecule has 0 saturated carbocycles. The Morgan fingerprint density at radius 2 is 1.90 bits per heavy atom. The molecule has 0 aliphatic rings. The van der Waals surface area contributed by atoms with Gasteiger partial charge in [0.25, 0.3) is 0 Å². The topological polar surface area (TPSA) is 12.0 Å². The van der Waals surface area contributed by atoms with Crippen LogP contribution in [-0.2, 0) is 0 Å². The second-order valence-electron chi connectivity index (χ2n) is 5.14. The van der Waals surface area contributed by atoms with Gasteiger partial charge in [0.1, 0.15) is 5.82 Å². The highest BCUT2D eigenvalue weighted by Crippen LogP contribution is 2.25. The third-order valence-electron chi connectivity index (χ3n) is 3.38. The predicted octanol–water partition coefficient (Wildman–Crippen LogP) is 4.97. The van der Waals surface area contributed by atoms with Crippen molar-refractivity contribution in [1.82, 2.24) is 5.32 Å². The van der Waals surface area contributed by atoms with Crippen LogP contribution in [0.3, 0.4) is 0 Å². The van der Waals surface area contributed by atoms with Gasteiger partial charge in [-0.15, -0.1) is 11.8 Å². The van der Waals surface area contributed by atoms with E-state index >= 15 is 0 Å². The van der Waals surface area contributed by atoms with Gasteiger partial charge in [0.05, 0.1) is 0 Å². The number of aryl methyl sites for hydroxylation is 1. The lowest BCUT2D eigenvalue weighted by atomic mass is 10.1. The molecule has 0 heterocycles. The number of benzene rings is 2. The third-order valence-corrected chi connectivity index (χ3v) is 4.49. The molecule has 0 spiro atoms. The Kier molecular flexibility index (Phi) is 6.27. The van der Waals surface area contributed by atoms with Crippen molar-refractivity contribution in [3.05, 3.63) is 65.5 Å². The molecule has 1 N–H and O–H groups in total. The molecule has 1 unspecified atom stereocenters. The number of hydrogen-bond donors (Lipinski definition) is 1. The molecule has 2 aromatic carbocycles. The van der Waals surface area contributed by atoms with Crippen molar-refractivity contribution >= 4 is 11.8 Å². The van der Waals surface area contributed by atoms with Crippen molar-refractivity contribution in [3.63, 3.8) is 0 Å². The molecule has 112 valence electrons. The van der Waals surface area contributed by atoms with Crippen LogP contribution in [0.15, 0.2) is 53.4 Å². The van der Waals surface area contributed by atoms with Gasteiger partial charge >= 0.3 is 0 Å². The lowest BCUT2D eigenvalue weighted by Gasteiger charge is -2.19. The number of nitrogens with one attached hydrogen (secondary N) is 1. The number of hydrogen-bond acceptors (Lipinski definition) is 2. The molecule has 0 amide bonds. The lowest BCUT2D eigenvalue weighted by Crippen LogP contribution is -2.24. The van der Waals surface area contributed by atoms with Crippen molar-refractivity contribution in [3.8, 4) is 0 Å². The van der Waals surface area contributed by atoms with Crippen LogP contribution in [0, 0.1) is 12.7 Å². The monoisotopic (exact) mass is 303 g/mol. The van der Waals surface area contributed by atoms with Crippen LogP contribution in [0.25, 0.3) is 0 Å². The third kappa shape index (κ3) is 4.87. The fraction of sp³-hybridized carbons (Fsp3) is 0.333. The van der Waals surface area contributed by atoms with Crippen LogP contribution < -0.4 is 5.32 Å². The number of rotatable bonds is 7. The summed E-state index contributed by atoms with van der Waals surface area (Å²) in [5.41, 5.74) is 1.87. The highest BCUT2D eigenvalue weighted by atomic mass is 32.2. The van der Waals surface area contributed by atoms with Crippen LogP contribution >= 0.6 is 11.8 Å². The van der Waals surface area contributed by atoms with Gasteiger partial charge in [-0.1, -0.05) is 37.3 Å². The van der Waals surface area contributed by atoms with Crippen LogP contribution in [0.4, 0.5) is 4.39 Å². The van der Waals surface area contributed by atoms with Gasteiger partial charge < -0.3 is 5.32 Å². The van der Waals surface area contributed by atoms with E-state index in [0.717, 1.165) is 24.3 Å². The minimum atomic E-state index is -0.135. The minimum absolute atomic E-state index is 0.135. The summed E-state index contributed by atoms with van der Waals surface area (Å²) in [5.74, 6) is 0.804. The molecule has 0 fully saturated rings. The largest absolute Gasteiger partial charge is 0.309 e. The molecule has 1 atom stereocenters. The Balaban J connectivity index is 2.08. The normalized spacial score (nSPS) is 12.3. The van der Waals surface area contributed by atoms with E-state index in [-0.39, 0.29) is 11.9 Å². The summed E-state index contributed by atoms with van der Waals surface area (Å²) >= 11 is 1.83. The van der Waals surface area contributed by atoms with Crippen LogP contribution in [-0.4, -0.2) is 12.3 Å². The second-order valence-corrected chi connectivity index (χ2v) is 6.23. The Morgan fingerprint density at radius 1 is 1.14 bits per heavy atom. The quantitative estimate of drug-likeness (QED) is 0.725. The van der Waals surface area contributed by atoms with E-state index in [4.69, 9.17) is 0 Å². The molecular weight excluding hydrogens is 281 g/mol. The van der Waals surface area contributed by atoms with E-state index < -0.39 is 0 Å². The zero-order valence-electron chi connectivity index (χ0n) is 12.6. The summed E-state index contributed by atoms with van der Waals surface area (Å²) in [7, 11) is 0. The summed E-state index contributed by atoms with van der Waals surface area (Å²) in [6.45, 7) is 4.95.